The largest absolute Gasteiger partial charge is 0.497 e. The average Bonchev–Trinajstić information content (AvgIpc) is 2.53. The molecule has 20 heavy (non-hydrogen) atoms. The van der Waals surface area contributed by atoms with Gasteiger partial charge in [0.05, 0.1) is 7.11 Å². The molecule has 0 atom stereocenters. The van der Waals surface area contributed by atoms with E-state index < -0.39 is 0 Å². The molecule has 0 aliphatic heterocycles. The Morgan fingerprint density at radius 1 is 0.850 bits per heavy atom. The third-order valence-corrected chi connectivity index (χ3v) is 3.41. The van der Waals surface area contributed by atoms with E-state index in [1.165, 1.54) is 16.3 Å². The van der Waals surface area contributed by atoms with Crippen LogP contribution in [0.2, 0.25) is 0 Å². The Morgan fingerprint density at radius 3 is 2.35 bits per heavy atom. The van der Waals surface area contributed by atoms with Crippen LogP contribution < -0.4 is 10.1 Å². The van der Waals surface area contributed by atoms with Crippen molar-refractivity contribution in [3.05, 3.63) is 72.3 Å². The van der Waals surface area contributed by atoms with E-state index in [2.05, 4.69) is 59.9 Å². The number of hydrogen-bond donors (Lipinski definition) is 1. The summed E-state index contributed by atoms with van der Waals surface area (Å²) in [5.41, 5.74) is 2.37. The first kappa shape index (κ1) is 12.5. The molecule has 0 radical (unpaired) electrons. The molecule has 3 rings (SSSR count). The maximum Gasteiger partial charge on any atom is 0.118 e. The van der Waals surface area contributed by atoms with E-state index in [1.807, 2.05) is 12.1 Å². The molecule has 1 N–H and O–H groups in total. The number of ether oxygens (including phenoxy) is 1. The van der Waals surface area contributed by atoms with Gasteiger partial charge >= 0.3 is 0 Å². The maximum atomic E-state index is 5.16. The van der Waals surface area contributed by atoms with Crippen LogP contribution in [0.1, 0.15) is 5.56 Å². The van der Waals surface area contributed by atoms with Crippen molar-refractivity contribution in [3.8, 4) is 5.75 Å². The van der Waals surface area contributed by atoms with Gasteiger partial charge in [0.15, 0.2) is 0 Å². The van der Waals surface area contributed by atoms with Gasteiger partial charge < -0.3 is 10.1 Å². The van der Waals surface area contributed by atoms with Gasteiger partial charge in [-0.05, 0) is 40.6 Å². The van der Waals surface area contributed by atoms with Crippen LogP contribution in [0.4, 0.5) is 5.69 Å². The van der Waals surface area contributed by atoms with E-state index in [0.717, 1.165) is 18.0 Å². The summed E-state index contributed by atoms with van der Waals surface area (Å²) in [4.78, 5) is 0. The predicted octanol–water partition coefficient (Wildman–Crippen LogP) is 4.46. The van der Waals surface area contributed by atoms with Gasteiger partial charge in [-0.2, -0.15) is 0 Å². The van der Waals surface area contributed by atoms with Crippen LogP contribution in [0, 0.1) is 0 Å². The minimum Gasteiger partial charge on any atom is -0.497 e. The van der Waals surface area contributed by atoms with Gasteiger partial charge in [0.25, 0.3) is 0 Å². The summed E-state index contributed by atoms with van der Waals surface area (Å²) in [6, 6.07) is 22.9. The molecule has 0 amide bonds. The highest BCUT2D eigenvalue weighted by Gasteiger charge is 1.97. The smallest absolute Gasteiger partial charge is 0.118 e. The molecular weight excluding hydrogens is 246 g/mol. The zero-order chi connectivity index (χ0) is 13.8. The van der Waals surface area contributed by atoms with Crippen molar-refractivity contribution in [1.29, 1.82) is 0 Å². The zero-order valence-electron chi connectivity index (χ0n) is 11.5. The third kappa shape index (κ3) is 2.75. The van der Waals surface area contributed by atoms with E-state index in [-0.39, 0.29) is 0 Å². The van der Waals surface area contributed by atoms with Crippen LogP contribution >= 0.6 is 0 Å². The molecule has 0 spiro atoms. The van der Waals surface area contributed by atoms with Gasteiger partial charge in [0.2, 0.25) is 0 Å². The van der Waals surface area contributed by atoms with Crippen LogP contribution in [-0.2, 0) is 6.54 Å². The highest BCUT2D eigenvalue weighted by molar-refractivity contribution is 5.85. The molecule has 0 aliphatic rings. The molecule has 0 saturated carbocycles. The van der Waals surface area contributed by atoms with Crippen molar-refractivity contribution in [1.82, 2.24) is 0 Å². The highest BCUT2D eigenvalue weighted by Crippen LogP contribution is 2.19. The number of rotatable bonds is 4. The average molecular weight is 263 g/mol. The van der Waals surface area contributed by atoms with Gasteiger partial charge in [-0.3, -0.25) is 0 Å². The standard InChI is InChI=1S/C18H17NO/c1-20-18-10-6-14(7-11-18)13-19-17-9-8-15-4-2-3-5-16(15)12-17/h2-12,19H,13H2,1H3. The van der Waals surface area contributed by atoms with Crippen molar-refractivity contribution in [3.63, 3.8) is 0 Å². The lowest BCUT2D eigenvalue weighted by Gasteiger charge is -2.08. The minimum absolute atomic E-state index is 0.808. The summed E-state index contributed by atoms with van der Waals surface area (Å²) in [5, 5.41) is 5.97. The quantitative estimate of drug-likeness (QED) is 0.750. The zero-order valence-corrected chi connectivity index (χ0v) is 11.5. The molecule has 0 heterocycles. The first-order valence-electron chi connectivity index (χ1n) is 6.71. The molecule has 100 valence electrons. The summed E-state index contributed by atoms with van der Waals surface area (Å²) in [6.45, 7) is 0.808. The summed E-state index contributed by atoms with van der Waals surface area (Å²) >= 11 is 0. The van der Waals surface area contributed by atoms with Crippen LogP contribution in [0.3, 0.4) is 0 Å². The summed E-state index contributed by atoms with van der Waals surface area (Å²) in [5.74, 6) is 0.888. The van der Waals surface area contributed by atoms with Crippen molar-refractivity contribution in [2.24, 2.45) is 0 Å². The van der Waals surface area contributed by atoms with Gasteiger partial charge in [0, 0.05) is 12.2 Å². The Balaban J connectivity index is 1.72. The second-order valence-electron chi connectivity index (χ2n) is 4.76. The van der Waals surface area contributed by atoms with E-state index in [9.17, 15) is 0 Å². The molecular formula is C18H17NO. The normalized spacial score (nSPS) is 10.4. The SMILES string of the molecule is COc1ccc(CNc2ccc3ccccc3c2)cc1. The number of benzene rings is 3. The lowest BCUT2D eigenvalue weighted by molar-refractivity contribution is 0.414. The molecule has 2 nitrogen and oxygen atoms in total. The second kappa shape index (κ2) is 5.66. The molecule has 0 aromatic heterocycles. The first-order valence-corrected chi connectivity index (χ1v) is 6.71. The molecule has 0 bridgehead atoms. The Bertz CT molecular complexity index is 704. The van der Waals surface area contributed by atoms with E-state index in [1.54, 1.807) is 7.11 Å². The highest BCUT2D eigenvalue weighted by atomic mass is 16.5. The lowest BCUT2D eigenvalue weighted by Crippen LogP contribution is -1.99. The summed E-state index contributed by atoms with van der Waals surface area (Å²) in [7, 11) is 1.68. The topological polar surface area (TPSA) is 21.3 Å². The van der Waals surface area contributed by atoms with Gasteiger partial charge in [-0.15, -0.1) is 0 Å². The first-order chi connectivity index (χ1) is 9.85. The number of fused-ring (bicyclic) bond motifs is 1. The Morgan fingerprint density at radius 2 is 1.60 bits per heavy atom. The van der Waals surface area contributed by atoms with Gasteiger partial charge in [-0.1, -0.05) is 42.5 Å². The van der Waals surface area contributed by atoms with Crippen LogP contribution in [-0.4, -0.2) is 7.11 Å². The molecule has 2 heteroatoms. The number of nitrogens with one attached hydrogen (secondary N) is 1. The number of anilines is 1. The molecule has 3 aromatic rings. The predicted molar refractivity (Wildman–Crippen MR) is 84.3 cm³/mol. The second-order valence-corrected chi connectivity index (χ2v) is 4.76. The molecule has 0 saturated heterocycles. The lowest BCUT2D eigenvalue weighted by atomic mass is 10.1. The summed E-state index contributed by atoms with van der Waals surface area (Å²) < 4.78 is 5.16. The van der Waals surface area contributed by atoms with E-state index >= 15 is 0 Å². The van der Waals surface area contributed by atoms with Gasteiger partial charge in [-0.25, -0.2) is 0 Å². The monoisotopic (exact) mass is 263 g/mol. The van der Waals surface area contributed by atoms with E-state index in [4.69, 9.17) is 4.74 Å². The number of hydrogen-bond acceptors (Lipinski definition) is 2. The van der Waals surface area contributed by atoms with Crippen LogP contribution in [0.25, 0.3) is 10.8 Å². The maximum absolute atomic E-state index is 5.16. The fraction of sp³-hybridized carbons (Fsp3) is 0.111. The molecule has 0 unspecified atom stereocenters. The Hall–Kier alpha value is -2.48. The molecule has 0 aliphatic carbocycles. The number of methoxy groups -OCH3 is 1. The van der Waals surface area contributed by atoms with Crippen molar-refractivity contribution < 1.29 is 4.74 Å². The minimum atomic E-state index is 0.808. The molecule has 3 aromatic carbocycles. The van der Waals surface area contributed by atoms with Crippen LogP contribution in [0.5, 0.6) is 5.75 Å². The van der Waals surface area contributed by atoms with Crippen LogP contribution in [0.15, 0.2) is 66.7 Å². The summed E-state index contributed by atoms with van der Waals surface area (Å²) in [6.07, 6.45) is 0. The van der Waals surface area contributed by atoms with Crippen molar-refractivity contribution >= 4 is 16.5 Å². The van der Waals surface area contributed by atoms with Crippen molar-refractivity contribution in [2.45, 2.75) is 6.54 Å². The van der Waals surface area contributed by atoms with Crippen molar-refractivity contribution in [2.75, 3.05) is 12.4 Å². The fourth-order valence-electron chi connectivity index (χ4n) is 2.25. The van der Waals surface area contributed by atoms with E-state index in [0.29, 0.717) is 0 Å². The molecule has 0 fully saturated rings. The Kier molecular flexibility index (Phi) is 3.55. The Labute approximate surface area is 119 Å². The van der Waals surface area contributed by atoms with Gasteiger partial charge in [0.1, 0.15) is 5.75 Å². The fourth-order valence-corrected chi connectivity index (χ4v) is 2.25. The third-order valence-electron chi connectivity index (χ3n) is 3.41.